The van der Waals surface area contributed by atoms with Gasteiger partial charge in [0.25, 0.3) is 0 Å². The summed E-state index contributed by atoms with van der Waals surface area (Å²) in [5, 5.41) is 0. The van der Waals surface area contributed by atoms with Gasteiger partial charge in [-0.2, -0.15) is 0 Å². The number of carbonyl (C=O) groups is 1. The summed E-state index contributed by atoms with van der Waals surface area (Å²) < 4.78 is 21.9. The van der Waals surface area contributed by atoms with Crippen LogP contribution in [-0.2, 0) is 4.74 Å². The van der Waals surface area contributed by atoms with Gasteiger partial charge in [0.05, 0.1) is 0 Å². The summed E-state index contributed by atoms with van der Waals surface area (Å²) in [6, 6.07) is 13.8. The van der Waals surface area contributed by atoms with E-state index in [0.717, 1.165) is 54.4 Å². The van der Waals surface area contributed by atoms with Gasteiger partial charge < -0.3 is 23.8 Å². The summed E-state index contributed by atoms with van der Waals surface area (Å²) in [5.74, 6) is 3.35. The molecule has 0 aromatic heterocycles. The standard InChI is InChI=1S/C20H30N2O3.C8H8O2.C2H6/c1-15-5-4-6-16(2)19(15)24-13-18-14-25-20(23)22(18)12-9-17-7-10-21(3)11-8-17;1-2-4-8-7(3-1)9-5-6-10-8;1-2/h4-6,17-18H,7-14H2,1-3H3;1-4H,5-6H2;1-2H3/t18-;;/m1../s1. The molecule has 1 atom stereocenters. The molecular formula is C30H44N2O5. The van der Waals surface area contributed by atoms with E-state index in [1.54, 1.807) is 0 Å². The normalized spacial score (nSPS) is 19.2. The van der Waals surface area contributed by atoms with Gasteiger partial charge in [-0.25, -0.2) is 4.79 Å². The zero-order valence-electron chi connectivity index (χ0n) is 23.2. The number of hydrogen-bond donors (Lipinski definition) is 0. The first-order valence-electron chi connectivity index (χ1n) is 13.7. The Bertz CT molecular complexity index is 929. The third-order valence-corrected chi connectivity index (χ3v) is 6.97. The van der Waals surface area contributed by atoms with Crippen LogP contribution in [0, 0.1) is 19.8 Å². The Morgan fingerprint density at radius 2 is 1.49 bits per heavy atom. The molecule has 0 aliphatic carbocycles. The number of amides is 1. The van der Waals surface area contributed by atoms with Crippen LogP contribution in [0.2, 0.25) is 0 Å². The first-order valence-corrected chi connectivity index (χ1v) is 13.7. The van der Waals surface area contributed by atoms with Gasteiger partial charge in [0, 0.05) is 6.54 Å². The predicted molar refractivity (Wildman–Crippen MR) is 147 cm³/mol. The molecule has 3 heterocycles. The van der Waals surface area contributed by atoms with Crippen molar-refractivity contribution >= 4 is 6.09 Å². The number of hydrogen-bond acceptors (Lipinski definition) is 6. The average molecular weight is 513 g/mol. The van der Waals surface area contributed by atoms with Crippen molar-refractivity contribution in [3.8, 4) is 17.2 Å². The number of likely N-dealkylation sites (tertiary alicyclic amines) is 1. The van der Waals surface area contributed by atoms with E-state index in [1.807, 2.05) is 49.1 Å². The quantitative estimate of drug-likeness (QED) is 0.493. The highest BCUT2D eigenvalue weighted by molar-refractivity contribution is 5.70. The van der Waals surface area contributed by atoms with Gasteiger partial charge in [0.15, 0.2) is 11.5 Å². The smallest absolute Gasteiger partial charge is 0.410 e. The highest BCUT2D eigenvalue weighted by atomic mass is 16.6. The molecular weight excluding hydrogens is 468 g/mol. The fourth-order valence-electron chi connectivity index (χ4n) is 4.77. The lowest BCUT2D eigenvalue weighted by atomic mass is 9.93. The number of nitrogens with zero attached hydrogens (tertiary/aromatic N) is 2. The molecule has 3 aliphatic heterocycles. The molecule has 3 aliphatic rings. The maximum Gasteiger partial charge on any atom is 0.410 e. The van der Waals surface area contributed by atoms with Crippen molar-refractivity contribution in [3.05, 3.63) is 53.6 Å². The topological polar surface area (TPSA) is 60.5 Å². The number of benzene rings is 2. The lowest BCUT2D eigenvalue weighted by molar-refractivity contribution is 0.146. The number of para-hydroxylation sites is 3. The van der Waals surface area contributed by atoms with Gasteiger partial charge in [0.1, 0.15) is 38.2 Å². The van der Waals surface area contributed by atoms with Crippen LogP contribution < -0.4 is 14.2 Å². The Balaban J connectivity index is 0.000000262. The van der Waals surface area contributed by atoms with E-state index < -0.39 is 0 Å². The second-order valence-electron chi connectivity index (χ2n) is 9.64. The minimum Gasteiger partial charge on any atom is -0.491 e. The predicted octanol–water partition coefficient (Wildman–Crippen LogP) is 5.72. The van der Waals surface area contributed by atoms with E-state index in [0.29, 0.717) is 32.3 Å². The molecule has 0 radical (unpaired) electrons. The number of piperidine rings is 1. The summed E-state index contributed by atoms with van der Waals surface area (Å²) in [7, 11) is 2.18. The molecule has 2 aromatic carbocycles. The maximum absolute atomic E-state index is 12.1. The molecule has 7 heteroatoms. The molecule has 0 N–H and O–H groups in total. The molecule has 5 rings (SSSR count). The number of cyclic esters (lactones) is 1. The van der Waals surface area contributed by atoms with Gasteiger partial charge in [-0.3, -0.25) is 4.90 Å². The van der Waals surface area contributed by atoms with E-state index in [1.165, 1.54) is 12.8 Å². The summed E-state index contributed by atoms with van der Waals surface area (Å²) >= 11 is 0. The summed E-state index contributed by atoms with van der Waals surface area (Å²) in [6.45, 7) is 13.4. The molecule has 0 saturated carbocycles. The van der Waals surface area contributed by atoms with Crippen LogP contribution in [-0.4, -0.2) is 75.0 Å². The lowest BCUT2D eigenvalue weighted by Gasteiger charge is -2.30. The van der Waals surface area contributed by atoms with E-state index >= 15 is 0 Å². The van der Waals surface area contributed by atoms with E-state index in [9.17, 15) is 4.79 Å². The van der Waals surface area contributed by atoms with Crippen molar-refractivity contribution in [1.82, 2.24) is 9.80 Å². The molecule has 37 heavy (non-hydrogen) atoms. The molecule has 0 spiro atoms. The molecule has 1 amide bonds. The van der Waals surface area contributed by atoms with E-state index in [2.05, 4.69) is 37.9 Å². The Kier molecular flexibility index (Phi) is 11.4. The fourth-order valence-corrected chi connectivity index (χ4v) is 4.77. The van der Waals surface area contributed by atoms with Crippen LogP contribution in [0.3, 0.4) is 0 Å². The second-order valence-corrected chi connectivity index (χ2v) is 9.64. The van der Waals surface area contributed by atoms with Crippen molar-refractivity contribution in [3.63, 3.8) is 0 Å². The zero-order chi connectivity index (χ0) is 26.6. The summed E-state index contributed by atoms with van der Waals surface area (Å²) in [5.41, 5.74) is 2.26. The Morgan fingerprint density at radius 1 is 0.892 bits per heavy atom. The third-order valence-electron chi connectivity index (χ3n) is 6.97. The Labute approximate surface area is 222 Å². The van der Waals surface area contributed by atoms with Crippen molar-refractivity contribution in [1.29, 1.82) is 0 Å². The summed E-state index contributed by atoms with van der Waals surface area (Å²) in [6.07, 6.45) is 3.32. The highest BCUT2D eigenvalue weighted by Gasteiger charge is 2.34. The minimum absolute atomic E-state index is 0.0118. The second kappa shape index (κ2) is 14.7. The van der Waals surface area contributed by atoms with Crippen LogP contribution in [0.4, 0.5) is 4.79 Å². The monoisotopic (exact) mass is 512 g/mol. The zero-order valence-corrected chi connectivity index (χ0v) is 23.2. The molecule has 204 valence electrons. The van der Waals surface area contributed by atoms with Gasteiger partial charge in [-0.1, -0.05) is 44.2 Å². The van der Waals surface area contributed by atoms with E-state index in [4.69, 9.17) is 18.9 Å². The van der Waals surface area contributed by atoms with Gasteiger partial charge >= 0.3 is 6.09 Å². The van der Waals surface area contributed by atoms with Crippen LogP contribution in [0.1, 0.15) is 44.2 Å². The minimum atomic E-state index is -0.192. The van der Waals surface area contributed by atoms with Crippen molar-refractivity contribution < 1.29 is 23.7 Å². The van der Waals surface area contributed by atoms with Crippen molar-refractivity contribution in [2.24, 2.45) is 5.92 Å². The van der Waals surface area contributed by atoms with Crippen molar-refractivity contribution in [2.45, 2.75) is 53.0 Å². The largest absolute Gasteiger partial charge is 0.491 e. The molecule has 2 aromatic rings. The first-order chi connectivity index (χ1) is 18.0. The lowest BCUT2D eigenvalue weighted by Crippen LogP contribution is -2.40. The van der Waals surface area contributed by atoms with Gasteiger partial charge in [-0.15, -0.1) is 0 Å². The van der Waals surface area contributed by atoms with E-state index in [-0.39, 0.29) is 12.1 Å². The molecule has 0 unspecified atom stereocenters. The number of fused-ring (bicyclic) bond motifs is 1. The van der Waals surface area contributed by atoms with Crippen LogP contribution in [0.25, 0.3) is 0 Å². The molecule has 2 saturated heterocycles. The third kappa shape index (κ3) is 8.29. The van der Waals surface area contributed by atoms with Crippen LogP contribution in [0.15, 0.2) is 42.5 Å². The SMILES string of the molecule is CC.Cc1cccc(C)c1OC[C@@H]1COC(=O)N1CCC1CCN(C)CC1.c1ccc2c(c1)OCCO2. The number of ether oxygens (including phenoxy) is 4. The molecule has 2 fully saturated rings. The van der Waals surface area contributed by atoms with Crippen LogP contribution >= 0.6 is 0 Å². The molecule has 0 bridgehead atoms. The Morgan fingerprint density at radius 3 is 2.08 bits per heavy atom. The fraction of sp³-hybridized carbons (Fsp3) is 0.567. The van der Waals surface area contributed by atoms with Crippen LogP contribution in [0.5, 0.6) is 17.2 Å². The first kappa shape index (κ1) is 28.6. The Hall–Kier alpha value is -2.93. The summed E-state index contributed by atoms with van der Waals surface area (Å²) in [4.78, 5) is 16.3. The number of aryl methyl sites for hydroxylation is 2. The van der Waals surface area contributed by atoms with Gasteiger partial charge in [-0.05, 0) is 82.4 Å². The number of carbonyl (C=O) groups excluding carboxylic acids is 1. The number of rotatable bonds is 6. The average Bonchev–Trinajstić information content (AvgIpc) is 3.28. The maximum atomic E-state index is 12.1. The molecule has 7 nitrogen and oxygen atoms in total. The highest BCUT2D eigenvalue weighted by Crippen LogP contribution is 2.28. The van der Waals surface area contributed by atoms with Gasteiger partial charge in [0.2, 0.25) is 0 Å². The van der Waals surface area contributed by atoms with Crippen molar-refractivity contribution in [2.75, 3.05) is 53.1 Å².